The van der Waals surface area contributed by atoms with Gasteiger partial charge in [0.15, 0.2) is 0 Å². The first-order valence-electron chi connectivity index (χ1n) is 10.3. The van der Waals surface area contributed by atoms with Crippen molar-refractivity contribution >= 4 is 33.4 Å². The number of piperidine rings is 1. The number of hydrogen-bond donors (Lipinski definition) is 2. The van der Waals surface area contributed by atoms with Gasteiger partial charge in [0.25, 0.3) is 5.91 Å². The second-order valence-electron chi connectivity index (χ2n) is 8.12. The van der Waals surface area contributed by atoms with Crippen LogP contribution in [0.3, 0.4) is 0 Å². The summed E-state index contributed by atoms with van der Waals surface area (Å²) < 4.78 is 11.5. The Bertz CT molecular complexity index is 955. The van der Waals surface area contributed by atoms with E-state index in [0.29, 0.717) is 39.4 Å². The van der Waals surface area contributed by atoms with Gasteiger partial charge in [0.05, 0.1) is 24.8 Å². The number of methoxy groups -OCH3 is 2. The molecule has 4 unspecified atom stereocenters. The second kappa shape index (κ2) is 9.36. The van der Waals surface area contributed by atoms with Gasteiger partial charge in [0, 0.05) is 29.7 Å². The Morgan fingerprint density at radius 3 is 2.55 bits per heavy atom. The number of benzene rings is 2. The molecule has 0 saturated carbocycles. The average molecular weight is 510 g/mol. The van der Waals surface area contributed by atoms with E-state index in [1.54, 1.807) is 12.1 Å². The van der Waals surface area contributed by atoms with Crippen LogP contribution in [0.15, 0.2) is 40.9 Å². The van der Waals surface area contributed by atoms with E-state index in [1.165, 1.54) is 19.8 Å². The molecule has 2 aliphatic rings. The highest BCUT2D eigenvalue weighted by atomic mass is 79.9. The highest BCUT2D eigenvalue weighted by Crippen LogP contribution is 2.39. The fourth-order valence-corrected chi connectivity index (χ4v) is 5.47. The van der Waals surface area contributed by atoms with E-state index in [0.717, 1.165) is 13.0 Å². The van der Waals surface area contributed by atoms with E-state index in [-0.39, 0.29) is 24.0 Å². The summed E-state index contributed by atoms with van der Waals surface area (Å²) >= 11 is 9.44. The third-order valence-electron chi connectivity index (χ3n) is 6.27. The highest BCUT2D eigenvalue weighted by molar-refractivity contribution is 9.10. The lowest BCUT2D eigenvalue weighted by molar-refractivity contribution is 0.0601. The second-order valence-corrected chi connectivity index (χ2v) is 9.41. The summed E-state index contributed by atoms with van der Waals surface area (Å²) in [6.07, 6.45) is 1.80. The van der Waals surface area contributed by atoms with E-state index in [2.05, 4.69) is 26.1 Å². The maximum atomic E-state index is 13.2. The molecule has 1 amide bonds. The minimum absolute atomic E-state index is 0.00558. The van der Waals surface area contributed by atoms with E-state index in [9.17, 15) is 9.90 Å². The molecule has 6 nitrogen and oxygen atoms in total. The number of rotatable bonds is 6. The SMILES string of the molecule is COc1ccc(Br)c(OC)c1C(=O)NC1CC2CC(O)C(C1)N2Cc1ccc(Cl)cc1. The first-order valence-corrected chi connectivity index (χ1v) is 11.5. The molecule has 2 bridgehead atoms. The van der Waals surface area contributed by atoms with Crippen LogP contribution >= 0.6 is 27.5 Å². The van der Waals surface area contributed by atoms with Gasteiger partial charge < -0.3 is 19.9 Å². The van der Waals surface area contributed by atoms with Crippen molar-refractivity contribution in [3.8, 4) is 11.5 Å². The Balaban J connectivity index is 1.48. The molecule has 2 saturated heterocycles. The molecule has 2 heterocycles. The number of aliphatic hydroxyl groups excluding tert-OH is 1. The maximum absolute atomic E-state index is 13.2. The molecule has 2 aromatic carbocycles. The first kappa shape index (κ1) is 22.4. The largest absolute Gasteiger partial charge is 0.496 e. The number of nitrogens with one attached hydrogen (secondary N) is 1. The molecule has 0 aliphatic carbocycles. The van der Waals surface area contributed by atoms with Gasteiger partial charge in [-0.05, 0) is 65.0 Å². The van der Waals surface area contributed by atoms with Gasteiger partial charge in [-0.15, -0.1) is 0 Å². The van der Waals surface area contributed by atoms with Crippen LogP contribution in [-0.4, -0.2) is 54.4 Å². The first-order chi connectivity index (χ1) is 14.9. The average Bonchev–Trinajstić information content (AvgIpc) is 2.92. The Hall–Kier alpha value is -1.80. The number of nitrogens with zero attached hydrogens (tertiary/aromatic N) is 1. The molecule has 166 valence electrons. The smallest absolute Gasteiger partial charge is 0.259 e. The zero-order valence-electron chi connectivity index (χ0n) is 17.5. The molecule has 8 heteroatoms. The summed E-state index contributed by atoms with van der Waals surface area (Å²) in [5, 5.41) is 14.5. The van der Waals surface area contributed by atoms with Crippen LogP contribution in [0.5, 0.6) is 11.5 Å². The predicted octanol–water partition coefficient (Wildman–Crippen LogP) is 4.02. The van der Waals surface area contributed by atoms with Crippen LogP contribution in [0, 0.1) is 0 Å². The van der Waals surface area contributed by atoms with Crippen LogP contribution in [0.4, 0.5) is 0 Å². The summed E-state index contributed by atoms with van der Waals surface area (Å²) in [5.41, 5.74) is 1.54. The third kappa shape index (κ3) is 4.55. The molecule has 0 spiro atoms. The Morgan fingerprint density at radius 1 is 1.16 bits per heavy atom. The van der Waals surface area contributed by atoms with Gasteiger partial charge >= 0.3 is 0 Å². The molecular formula is C23H26BrClN2O4. The fourth-order valence-electron chi connectivity index (χ4n) is 4.85. The van der Waals surface area contributed by atoms with Gasteiger partial charge in [-0.3, -0.25) is 9.69 Å². The Labute approximate surface area is 195 Å². The summed E-state index contributed by atoms with van der Waals surface area (Å²) in [5.74, 6) is 0.667. The molecular weight excluding hydrogens is 484 g/mol. The van der Waals surface area contributed by atoms with Crippen molar-refractivity contribution in [1.29, 1.82) is 0 Å². The van der Waals surface area contributed by atoms with Crippen molar-refractivity contribution in [3.05, 3.63) is 57.0 Å². The van der Waals surface area contributed by atoms with Crippen molar-refractivity contribution in [2.45, 2.75) is 50.0 Å². The summed E-state index contributed by atoms with van der Waals surface area (Å²) in [7, 11) is 3.06. The van der Waals surface area contributed by atoms with Gasteiger partial charge in [-0.25, -0.2) is 0 Å². The van der Waals surface area contributed by atoms with Crippen LogP contribution in [0.1, 0.15) is 35.2 Å². The minimum Gasteiger partial charge on any atom is -0.496 e. The predicted molar refractivity (Wildman–Crippen MR) is 123 cm³/mol. The van der Waals surface area contributed by atoms with Crippen molar-refractivity contribution < 1.29 is 19.4 Å². The maximum Gasteiger partial charge on any atom is 0.259 e. The molecule has 0 aromatic heterocycles. The van der Waals surface area contributed by atoms with Gasteiger partial charge in [0.1, 0.15) is 17.1 Å². The molecule has 0 radical (unpaired) electrons. The monoisotopic (exact) mass is 508 g/mol. The number of hydrogen-bond acceptors (Lipinski definition) is 5. The number of halogens is 2. The fraction of sp³-hybridized carbons (Fsp3) is 0.435. The topological polar surface area (TPSA) is 71.0 Å². The lowest BCUT2D eigenvalue weighted by Crippen LogP contribution is -2.51. The summed E-state index contributed by atoms with van der Waals surface area (Å²) in [6, 6.07) is 11.5. The van der Waals surface area contributed by atoms with Crippen molar-refractivity contribution in [3.63, 3.8) is 0 Å². The standard InChI is InChI=1S/C23H26BrClN2O4/c1-30-20-8-7-17(24)22(31-2)21(20)23(29)26-15-9-16-11-19(28)18(10-15)27(16)12-13-3-5-14(25)6-4-13/h3-8,15-16,18-19,28H,9-12H2,1-2H3,(H,26,29). The third-order valence-corrected chi connectivity index (χ3v) is 7.15. The van der Waals surface area contributed by atoms with E-state index >= 15 is 0 Å². The van der Waals surface area contributed by atoms with Gasteiger partial charge in [-0.1, -0.05) is 23.7 Å². The van der Waals surface area contributed by atoms with Crippen molar-refractivity contribution in [2.24, 2.45) is 0 Å². The van der Waals surface area contributed by atoms with E-state index in [1.807, 2.05) is 24.3 Å². The molecule has 2 fully saturated rings. The lowest BCUT2D eigenvalue weighted by atomic mass is 9.95. The minimum atomic E-state index is -0.394. The number of carbonyl (C=O) groups is 1. The zero-order chi connectivity index (χ0) is 22.1. The normalized spacial score (nSPS) is 25.3. The van der Waals surface area contributed by atoms with Gasteiger partial charge in [-0.2, -0.15) is 0 Å². The molecule has 2 N–H and O–H groups in total. The van der Waals surface area contributed by atoms with Crippen LogP contribution in [-0.2, 0) is 6.54 Å². The number of ether oxygens (including phenoxy) is 2. The van der Waals surface area contributed by atoms with E-state index in [4.69, 9.17) is 21.1 Å². The molecule has 4 rings (SSSR count). The van der Waals surface area contributed by atoms with Crippen molar-refractivity contribution in [2.75, 3.05) is 14.2 Å². The van der Waals surface area contributed by atoms with Crippen LogP contribution in [0.2, 0.25) is 5.02 Å². The van der Waals surface area contributed by atoms with Gasteiger partial charge in [0.2, 0.25) is 0 Å². The number of fused-ring (bicyclic) bond motifs is 2. The molecule has 2 aliphatic heterocycles. The van der Waals surface area contributed by atoms with Crippen LogP contribution < -0.4 is 14.8 Å². The van der Waals surface area contributed by atoms with Crippen LogP contribution in [0.25, 0.3) is 0 Å². The van der Waals surface area contributed by atoms with Crippen molar-refractivity contribution in [1.82, 2.24) is 10.2 Å². The molecule has 2 aromatic rings. The van der Waals surface area contributed by atoms with E-state index < -0.39 is 6.10 Å². The number of aliphatic hydroxyl groups is 1. The molecule has 31 heavy (non-hydrogen) atoms. The molecule has 4 atom stereocenters. The Morgan fingerprint density at radius 2 is 1.90 bits per heavy atom. The number of carbonyl (C=O) groups excluding carboxylic acids is 1. The summed E-state index contributed by atoms with van der Waals surface area (Å²) in [4.78, 5) is 15.5. The highest BCUT2D eigenvalue weighted by Gasteiger charge is 2.46. The number of amides is 1. The zero-order valence-corrected chi connectivity index (χ0v) is 19.8. The Kier molecular flexibility index (Phi) is 6.77. The summed E-state index contributed by atoms with van der Waals surface area (Å²) in [6.45, 7) is 0.761. The lowest BCUT2D eigenvalue weighted by Gasteiger charge is -2.39. The quantitative estimate of drug-likeness (QED) is 0.616.